The molecule has 0 saturated heterocycles. The Morgan fingerprint density at radius 2 is 2.50 bits per heavy atom. The standard InChI is InChI=1S/C7H8N2O2S/c1-11-7(10)4-5-2-3-6(12)9-8-5/h2-3H,4H2,1H3,(H,9,12). The minimum absolute atomic E-state index is 0.169. The Bertz CT molecular complexity index is 314. The average molecular weight is 184 g/mol. The van der Waals surface area contributed by atoms with Gasteiger partial charge in [0.1, 0.15) is 4.64 Å². The van der Waals surface area contributed by atoms with E-state index < -0.39 is 0 Å². The lowest BCUT2D eigenvalue weighted by Crippen LogP contribution is -2.06. The Labute approximate surface area is 74.6 Å². The zero-order valence-electron chi connectivity index (χ0n) is 6.53. The van der Waals surface area contributed by atoms with Gasteiger partial charge in [0.15, 0.2) is 0 Å². The van der Waals surface area contributed by atoms with Crippen LogP contribution in [0.25, 0.3) is 0 Å². The second-order valence-electron chi connectivity index (χ2n) is 2.17. The third kappa shape index (κ3) is 2.43. The van der Waals surface area contributed by atoms with Crippen LogP contribution in [0.3, 0.4) is 0 Å². The van der Waals surface area contributed by atoms with E-state index in [1.807, 2.05) is 0 Å². The summed E-state index contributed by atoms with van der Waals surface area (Å²) in [5.41, 5.74) is 0.621. The summed E-state index contributed by atoms with van der Waals surface area (Å²) < 4.78 is 5.01. The van der Waals surface area contributed by atoms with Crippen LogP contribution in [0.4, 0.5) is 0 Å². The molecule has 0 aromatic carbocycles. The van der Waals surface area contributed by atoms with Crippen LogP contribution in [-0.2, 0) is 16.0 Å². The molecule has 0 fully saturated rings. The monoisotopic (exact) mass is 184 g/mol. The van der Waals surface area contributed by atoms with E-state index >= 15 is 0 Å². The van der Waals surface area contributed by atoms with Gasteiger partial charge in [-0.05, 0) is 12.1 Å². The number of carbonyl (C=O) groups is 1. The van der Waals surface area contributed by atoms with E-state index in [0.717, 1.165) is 0 Å². The number of nitrogens with zero attached hydrogens (tertiary/aromatic N) is 1. The molecular weight excluding hydrogens is 176 g/mol. The number of methoxy groups -OCH3 is 1. The highest BCUT2D eigenvalue weighted by Gasteiger charge is 2.02. The average Bonchev–Trinajstić information content (AvgIpc) is 2.09. The number of hydrogen-bond acceptors (Lipinski definition) is 4. The molecule has 0 bridgehead atoms. The van der Waals surface area contributed by atoms with E-state index in [1.54, 1.807) is 12.1 Å². The first-order chi connectivity index (χ1) is 5.72. The molecule has 0 spiro atoms. The zero-order valence-corrected chi connectivity index (χ0v) is 7.35. The number of esters is 1. The minimum Gasteiger partial charge on any atom is -0.469 e. The summed E-state index contributed by atoms with van der Waals surface area (Å²) >= 11 is 4.78. The number of nitrogens with one attached hydrogen (secondary N) is 1. The molecule has 0 aliphatic carbocycles. The Morgan fingerprint density at radius 1 is 1.75 bits per heavy atom. The Balaban J connectivity index is 2.71. The molecule has 0 aliphatic rings. The number of rotatable bonds is 2. The maximum atomic E-state index is 10.8. The second kappa shape index (κ2) is 3.96. The molecule has 1 heterocycles. The van der Waals surface area contributed by atoms with E-state index in [4.69, 9.17) is 12.2 Å². The Kier molecular flexibility index (Phi) is 2.93. The van der Waals surface area contributed by atoms with E-state index in [-0.39, 0.29) is 12.4 Å². The minimum atomic E-state index is -0.312. The molecule has 1 N–H and O–H groups in total. The van der Waals surface area contributed by atoms with Crippen LogP contribution >= 0.6 is 12.2 Å². The smallest absolute Gasteiger partial charge is 0.311 e. The van der Waals surface area contributed by atoms with Crippen molar-refractivity contribution in [1.82, 2.24) is 10.2 Å². The Morgan fingerprint density at radius 3 is 3.00 bits per heavy atom. The first kappa shape index (κ1) is 8.86. The Hall–Kier alpha value is -1.23. The van der Waals surface area contributed by atoms with Crippen molar-refractivity contribution >= 4 is 18.2 Å². The van der Waals surface area contributed by atoms with Gasteiger partial charge in [-0.25, -0.2) is 0 Å². The highest BCUT2D eigenvalue weighted by molar-refractivity contribution is 7.71. The van der Waals surface area contributed by atoms with Crippen LogP contribution in [0.5, 0.6) is 0 Å². The predicted octanol–water partition coefficient (Wildman–Crippen LogP) is 0.855. The van der Waals surface area contributed by atoms with Gasteiger partial charge >= 0.3 is 5.97 Å². The van der Waals surface area contributed by atoms with Crippen LogP contribution in [0, 0.1) is 4.64 Å². The summed E-state index contributed by atoms with van der Waals surface area (Å²) in [6.07, 6.45) is 0.169. The first-order valence-corrected chi connectivity index (χ1v) is 3.74. The van der Waals surface area contributed by atoms with Crippen molar-refractivity contribution in [1.29, 1.82) is 0 Å². The molecule has 0 unspecified atom stereocenters. The molecule has 12 heavy (non-hydrogen) atoms. The van der Waals surface area contributed by atoms with Gasteiger partial charge in [-0.3, -0.25) is 9.89 Å². The van der Waals surface area contributed by atoms with Gasteiger partial charge in [-0.2, -0.15) is 5.10 Å². The summed E-state index contributed by atoms with van der Waals surface area (Å²) in [6.45, 7) is 0. The van der Waals surface area contributed by atoms with Gasteiger partial charge in [-0.1, -0.05) is 12.2 Å². The van der Waals surface area contributed by atoms with E-state index in [9.17, 15) is 4.79 Å². The third-order valence-electron chi connectivity index (χ3n) is 1.29. The predicted molar refractivity (Wildman–Crippen MR) is 45.1 cm³/mol. The highest BCUT2D eigenvalue weighted by atomic mass is 32.1. The SMILES string of the molecule is COC(=O)Cc1ccc(=S)[nH]n1. The number of aromatic nitrogens is 2. The van der Waals surface area contributed by atoms with E-state index in [2.05, 4.69) is 14.9 Å². The number of ether oxygens (including phenoxy) is 1. The van der Waals surface area contributed by atoms with Crippen molar-refractivity contribution in [3.63, 3.8) is 0 Å². The molecule has 1 aromatic heterocycles. The normalized spacial score (nSPS) is 9.42. The van der Waals surface area contributed by atoms with Crippen LogP contribution < -0.4 is 0 Å². The molecule has 0 amide bonds. The molecule has 1 rings (SSSR count). The lowest BCUT2D eigenvalue weighted by atomic mass is 10.3. The van der Waals surface area contributed by atoms with E-state index in [1.165, 1.54) is 7.11 Å². The second-order valence-corrected chi connectivity index (χ2v) is 2.61. The molecule has 4 nitrogen and oxygen atoms in total. The molecule has 0 radical (unpaired) electrons. The lowest BCUT2D eigenvalue weighted by molar-refractivity contribution is -0.139. The molecule has 64 valence electrons. The van der Waals surface area contributed by atoms with Crippen LogP contribution in [0.1, 0.15) is 5.69 Å². The van der Waals surface area contributed by atoms with Crippen molar-refractivity contribution in [2.45, 2.75) is 6.42 Å². The van der Waals surface area contributed by atoms with Gasteiger partial charge < -0.3 is 4.74 Å². The number of hydrogen-bond donors (Lipinski definition) is 1. The fourth-order valence-electron chi connectivity index (χ4n) is 0.692. The van der Waals surface area contributed by atoms with E-state index in [0.29, 0.717) is 10.3 Å². The summed E-state index contributed by atoms with van der Waals surface area (Å²) in [5, 5.41) is 6.42. The van der Waals surface area contributed by atoms with Gasteiger partial charge in [0.25, 0.3) is 0 Å². The first-order valence-electron chi connectivity index (χ1n) is 3.34. The van der Waals surface area contributed by atoms with Crippen molar-refractivity contribution in [3.8, 4) is 0 Å². The van der Waals surface area contributed by atoms with Crippen LogP contribution in [0.2, 0.25) is 0 Å². The summed E-state index contributed by atoms with van der Waals surface area (Å²) in [6, 6.07) is 3.37. The third-order valence-corrected chi connectivity index (χ3v) is 1.52. The van der Waals surface area contributed by atoms with Crippen molar-refractivity contribution in [3.05, 3.63) is 22.5 Å². The summed E-state index contributed by atoms with van der Waals surface area (Å²) in [7, 11) is 1.34. The van der Waals surface area contributed by atoms with Crippen molar-refractivity contribution in [2.24, 2.45) is 0 Å². The number of H-pyrrole nitrogens is 1. The maximum absolute atomic E-state index is 10.8. The molecular formula is C7H8N2O2S. The largest absolute Gasteiger partial charge is 0.469 e. The quantitative estimate of drug-likeness (QED) is 0.547. The summed E-state index contributed by atoms with van der Waals surface area (Å²) in [5.74, 6) is -0.312. The number of aromatic amines is 1. The highest BCUT2D eigenvalue weighted by Crippen LogP contribution is 1.94. The molecule has 0 aliphatic heterocycles. The zero-order chi connectivity index (χ0) is 8.97. The van der Waals surface area contributed by atoms with Gasteiger partial charge in [0.2, 0.25) is 0 Å². The molecule has 0 saturated carbocycles. The summed E-state index contributed by atoms with van der Waals surface area (Å²) in [4.78, 5) is 10.8. The molecule has 0 atom stereocenters. The van der Waals surface area contributed by atoms with Crippen LogP contribution in [0.15, 0.2) is 12.1 Å². The van der Waals surface area contributed by atoms with Gasteiger partial charge in [0.05, 0.1) is 19.2 Å². The van der Waals surface area contributed by atoms with Gasteiger partial charge in [0, 0.05) is 0 Å². The fraction of sp³-hybridized carbons (Fsp3) is 0.286. The molecule has 5 heteroatoms. The number of carbonyl (C=O) groups excluding carboxylic acids is 1. The van der Waals surface area contributed by atoms with Crippen molar-refractivity contribution in [2.75, 3.05) is 7.11 Å². The van der Waals surface area contributed by atoms with Crippen LogP contribution in [-0.4, -0.2) is 23.3 Å². The topological polar surface area (TPSA) is 55.0 Å². The molecule has 1 aromatic rings. The van der Waals surface area contributed by atoms with Gasteiger partial charge in [-0.15, -0.1) is 0 Å². The lowest BCUT2D eigenvalue weighted by Gasteiger charge is -1.96. The fourth-order valence-corrected chi connectivity index (χ4v) is 0.806. The maximum Gasteiger partial charge on any atom is 0.311 e. The van der Waals surface area contributed by atoms with Crippen molar-refractivity contribution < 1.29 is 9.53 Å².